The van der Waals surface area contributed by atoms with Crippen molar-refractivity contribution in [3.8, 4) is 11.3 Å². The van der Waals surface area contributed by atoms with Crippen molar-refractivity contribution in [2.75, 3.05) is 18.0 Å². The molecule has 0 amide bonds. The van der Waals surface area contributed by atoms with E-state index in [0.29, 0.717) is 11.3 Å². The lowest BCUT2D eigenvalue weighted by atomic mass is 10.0. The minimum atomic E-state index is -0.249. The van der Waals surface area contributed by atoms with Gasteiger partial charge in [0.25, 0.3) is 0 Å². The first kappa shape index (κ1) is 14.2. The van der Waals surface area contributed by atoms with Crippen LogP contribution in [0.1, 0.15) is 31.9 Å². The van der Waals surface area contributed by atoms with Crippen molar-refractivity contribution in [2.24, 2.45) is 0 Å². The lowest BCUT2D eigenvalue weighted by molar-refractivity contribution is 0.600. The predicted molar refractivity (Wildman–Crippen MR) is 89.3 cm³/mol. The summed E-state index contributed by atoms with van der Waals surface area (Å²) in [6.45, 7) is 6.27. The molecule has 0 bridgehead atoms. The zero-order chi connectivity index (χ0) is 16.0. The van der Waals surface area contributed by atoms with Gasteiger partial charge < -0.3 is 4.90 Å². The van der Waals surface area contributed by atoms with Crippen molar-refractivity contribution in [3.05, 3.63) is 47.9 Å². The number of halogens is 1. The summed E-state index contributed by atoms with van der Waals surface area (Å²) in [7, 11) is 0. The third kappa shape index (κ3) is 2.27. The maximum absolute atomic E-state index is 14.2. The fourth-order valence-electron chi connectivity index (χ4n) is 3.02. The van der Waals surface area contributed by atoms with Gasteiger partial charge in [0.1, 0.15) is 11.6 Å². The summed E-state index contributed by atoms with van der Waals surface area (Å²) in [5.74, 6) is 0.905. The van der Waals surface area contributed by atoms with Gasteiger partial charge in [0.15, 0.2) is 5.65 Å². The van der Waals surface area contributed by atoms with Crippen LogP contribution in [0.2, 0.25) is 0 Å². The Labute approximate surface area is 134 Å². The van der Waals surface area contributed by atoms with Crippen LogP contribution in [-0.2, 0) is 0 Å². The molecule has 0 unspecified atom stereocenters. The lowest BCUT2D eigenvalue weighted by Gasteiger charge is -2.31. The number of fused-ring (bicyclic) bond motifs is 1. The minimum Gasteiger partial charge on any atom is -0.355 e. The zero-order valence-corrected chi connectivity index (χ0v) is 13.3. The van der Waals surface area contributed by atoms with Gasteiger partial charge in [0, 0.05) is 18.7 Å². The molecule has 4 rings (SSSR count). The molecule has 5 heteroatoms. The van der Waals surface area contributed by atoms with Gasteiger partial charge in [0.2, 0.25) is 0 Å². The molecule has 3 aromatic rings. The highest BCUT2D eigenvalue weighted by atomic mass is 19.1. The average molecular weight is 310 g/mol. The summed E-state index contributed by atoms with van der Waals surface area (Å²) < 4.78 is 16.1. The molecule has 1 aliphatic heterocycles. The number of nitrogens with zero attached hydrogens (tertiary/aromatic N) is 4. The third-order valence-corrected chi connectivity index (χ3v) is 4.35. The third-order valence-electron chi connectivity index (χ3n) is 4.35. The number of imidazole rings is 1. The molecule has 23 heavy (non-hydrogen) atoms. The second-order valence-electron chi connectivity index (χ2n) is 6.28. The van der Waals surface area contributed by atoms with E-state index in [1.165, 1.54) is 12.5 Å². The normalized spacial score (nSPS) is 14.5. The topological polar surface area (TPSA) is 33.4 Å². The molecule has 118 valence electrons. The van der Waals surface area contributed by atoms with Gasteiger partial charge in [-0.1, -0.05) is 26.0 Å². The first-order valence-electron chi connectivity index (χ1n) is 8.04. The maximum atomic E-state index is 14.2. The molecule has 1 aliphatic rings. The van der Waals surface area contributed by atoms with E-state index in [1.54, 1.807) is 12.1 Å². The molecule has 1 saturated heterocycles. The fraction of sp³-hybridized carbons (Fsp3) is 0.333. The molecule has 0 aliphatic carbocycles. The Morgan fingerprint density at radius 2 is 1.87 bits per heavy atom. The molecule has 0 N–H and O–H groups in total. The number of rotatable bonds is 3. The van der Waals surface area contributed by atoms with Gasteiger partial charge in [-0.3, -0.25) is 0 Å². The van der Waals surface area contributed by atoms with Gasteiger partial charge in [-0.05, 0) is 36.6 Å². The molecular formula is C18H19FN4. The van der Waals surface area contributed by atoms with Crippen molar-refractivity contribution in [2.45, 2.75) is 26.2 Å². The summed E-state index contributed by atoms with van der Waals surface area (Å²) in [5.41, 5.74) is 2.93. The van der Waals surface area contributed by atoms with Crippen molar-refractivity contribution in [1.82, 2.24) is 14.6 Å². The number of anilines is 1. The Kier molecular flexibility index (Phi) is 3.29. The van der Waals surface area contributed by atoms with E-state index in [-0.39, 0.29) is 11.7 Å². The lowest BCUT2D eigenvalue weighted by Crippen LogP contribution is -2.37. The van der Waals surface area contributed by atoms with Crippen LogP contribution in [0.25, 0.3) is 16.9 Å². The SMILES string of the molecule is CC(C)c1c(-c2ccccc2F)nc2ccc(N3CCC3)nn12. The minimum absolute atomic E-state index is 0.193. The molecule has 0 atom stereocenters. The average Bonchev–Trinajstić information content (AvgIpc) is 2.84. The largest absolute Gasteiger partial charge is 0.355 e. The van der Waals surface area contributed by atoms with Gasteiger partial charge in [-0.25, -0.2) is 13.9 Å². The Morgan fingerprint density at radius 1 is 1.09 bits per heavy atom. The number of hydrogen-bond donors (Lipinski definition) is 0. The van der Waals surface area contributed by atoms with Gasteiger partial charge in [-0.15, -0.1) is 5.10 Å². The summed E-state index contributed by atoms with van der Waals surface area (Å²) >= 11 is 0. The van der Waals surface area contributed by atoms with Crippen LogP contribution in [0.15, 0.2) is 36.4 Å². The molecule has 4 nitrogen and oxygen atoms in total. The van der Waals surface area contributed by atoms with Crippen LogP contribution in [0.5, 0.6) is 0 Å². The highest BCUT2D eigenvalue weighted by Crippen LogP contribution is 2.31. The Bertz CT molecular complexity index is 865. The van der Waals surface area contributed by atoms with E-state index in [0.717, 1.165) is 30.2 Å². The van der Waals surface area contributed by atoms with Crippen LogP contribution < -0.4 is 4.90 Å². The molecule has 2 aromatic heterocycles. The number of benzene rings is 1. The number of hydrogen-bond acceptors (Lipinski definition) is 3. The highest BCUT2D eigenvalue weighted by Gasteiger charge is 2.22. The highest BCUT2D eigenvalue weighted by molar-refractivity contribution is 5.68. The molecule has 3 heterocycles. The second-order valence-corrected chi connectivity index (χ2v) is 6.28. The first-order chi connectivity index (χ1) is 11.1. The van der Waals surface area contributed by atoms with Crippen molar-refractivity contribution in [3.63, 3.8) is 0 Å². The summed E-state index contributed by atoms with van der Waals surface area (Å²) in [4.78, 5) is 6.89. The van der Waals surface area contributed by atoms with E-state index in [1.807, 2.05) is 22.7 Å². The Hall–Kier alpha value is -2.43. The van der Waals surface area contributed by atoms with Gasteiger partial charge in [0.05, 0.1) is 11.4 Å². The summed E-state index contributed by atoms with van der Waals surface area (Å²) in [6, 6.07) is 10.8. The zero-order valence-electron chi connectivity index (χ0n) is 13.3. The number of aromatic nitrogens is 3. The second kappa shape index (κ2) is 5.33. The van der Waals surface area contributed by atoms with E-state index in [4.69, 9.17) is 5.10 Å². The van der Waals surface area contributed by atoms with Gasteiger partial charge in [-0.2, -0.15) is 0 Å². The Balaban J connectivity index is 1.94. The summed E-state index contributed by atoms with van der Waals surface area (Å²) in [5, 5.41) is 4.75. The van der Waals surface area contributed by atoms with Crippen LogP contribution in [0.3, 0.4) is 0 Å². The summed E-state index contributed by atoms with van der Waals surface area (Å²) in [6.07, 6.45) is 1.21. The first-order valence-corrected chi connectivity index (χ1v) is 8.04. The van der Waals surface area contributed by atoms with Crippen LogP contribution >= 0.6 is 0 Å². The van der Waals surface area contributed by atoms with E-state index in [2.05, 4.69) is 23.7 Å². The van der Waals surface area contributed by atoms with Crippen molar-refractivity contribution in [1.29, 1.82) is 0 Å². The molecule has 0 spiro atoms. The van der Waals surface area contributed by atoms with E-state index in [9.17, 15) is 4.39 Å². The quantitative estimate of drug-likeness (QED) is 0.736. The molecule has 1 fully saturated rings. The fourth-order valence-corrected chi connectivity index (χ4v) is 3.02. The monoisotopic (exact) mass is 310 g/mol. The van der Waals surface area contributed by atoms with Crippen LogP contribution in [-0.4, -0.2) is 27.7 Å². The van der Waals surface area contributed by atoms with Crippen molar-refractivity contribution < 1.29 is 4.39 Å². The standard InChI is InChI=1S/C18H19FN4/c1-12(2)18-17(13-6-3-4-7-14(13)19)20-15-8-9-16(21-23(15)18)22-10-5-11-22/h3-4,6-9,12H,5,10-11H2,1-2H3. The van der Waals surface area contributed by atoms with Crippen LogP contribution in [0.4, 0.5) is 10.2 Å². The molecular weight excluding hydrogens is 291 g/mol. The van der Waals surface area contributed by atoms with Gasteiger partial charge >= 0.3 is 0 Å². The molecule has 1 aromatic carbocycles. The smallest absolute Gasteiger partial charge is 0.154 e. The molecule has 0 saturated carbocycles. The predicted octanol–water partition coefficient (Wildman–Crippen LogP) is 3.87. The molecule has 0 radical (unpaired) electrons. The Morgan fingerprint density at radius 3 is 2.52 bits per heavy atom. The van der Waals surface area contributed by atoms with Crippen molar-refractivity contribution >= 4 is 11.5 Å². The van der Waals surface area contributed by atoms with E-state index < -0.39 is 0 Å². The maximum Gasteiger partial charge on any atom is 0.154 e. The van der Waals surface area contributed by atoms with Crippen LogP contribution in [0, 0.1) is 5.82 Å². The van der Waals surface area contributed by atoms with E-state index >= 15 is 0 Å².